The number of hydrogen-bond donors (Lipinski definition) is 2. The molecular weight excluding hydrogens is 322 g/mol. The van der Waals surface area contributed by atoms with Crippen molar-refractivity contribution < 1.29 is 18.3 Å². The Balaban J connectivity index is 1.80. The van der Waals surface area contributed by atoms with E-state index in [2.05, 4.69) is 10.6 Å². The summed E-state index contributed by atoms with van der Waals surface area (Å²) in [7, 11) is 1.67. The van der Waals surface area contributed by atoms with Crippen LogP contribution in [-0.4, -0.2) is 45.0 Å². The zero-order valence-electron chi connectivity index (χ0n) is 13.2. The van der Waals surface area contributed by atoms with Gasteiger partial charge in [0.25, 0.3) is 0 Å². The second kappa shape index (κ2) is 8.61. The van der Waals surface area contributed by atoms with Crippen LogP contribution in [0.1, 0.15) is 12.8 Å². The summed E-state index contributed by atoms with van der Waals surface area (Å²) in [6.45, 7) is 3.02. The van der Waals surface area contributed by atoms with Crippen LogP contribution in [0.3, 0.4) is 0 Å². The Hall–Kier alpha value is -1.18. The van der Waals surface area contributed by atoms with Crippen molar-refractivity contribution in [1.82, 2.24) is 10.6 Å². The monoisotopic (exact) mass is 344 g/mol. The summed E-state index contributed by atoms with van der Waals surface area (Å²) in [6.07, 6.45) is 1.91. The van der Waals surface area contributed by atoms with Gasteiger partial charge < -0.3 is 15.4 Å². The molecule has 0 saturated carbocycles. The fourth-order valence-electron chi connectivity index (χ4n) is 2.69. The molecule has 0 atom stereocenters. The lowest BCUT2D eigenvalue weighted by molar-refractivity contribution is -0.119. The van der Waals surface area contributed by atoms with Gasteiger partial charge in [-0.3, -0.25) is 4.79 Å². The van der Waals surface area contributed by atoms with E-state index in [1.807, 2.05) is 0 Å². The number of thioether (sulfide) groups is 1. The fourth-order valence-corrected chi connectivity index (χ4v) is 3.44. The molecule has 0 spiro atoms. The largest absolute Gasteiger partial charge is 0.384 e. The average Bonchev–Trinajstić information content (AvgIpc) is 2.55. The lowest BCUT2D eigenvalue weighted by Gasteiger charge is -2.37. The van der Waals surface area contributed by atoms with E-state index in [9.17, 15) is 13.6 Å². The lowest BCUT2D eigenvalue weighted by Crippen LogP contribution is -2.47. The Kier molecular flexibility index (Phi) is 6.80. The first kappa shape index (κ1) is 18.2. The van der Waals surface area contributed by atoms with Crippen molar-refractivity contribution in [2.75, 3.05) is 39.1 Å². The van der Waals surface area contributed by atoms with Crippen molar-refractivity contribution in [3.05, 3.63) is 29.8 Å². The fraction of sp³-hybridized carbons (Fsp3) is 0.562. The van der Waals surface area contributed by atoms with Gasteiger partial charge in [0.05, 0.1) is 12.4 Å². The summed E-state index contributed by atoms with van der Waals surface area (Å²) >= 11 is 1.19. The standard InChI is InChI=1S/C16H22F2N2O2S/c1-22-11-16(4-6-19-7-5-16)10-20-15(21)9-23-12-2-3-13(17)14(18)8-12/h2-3,8,19H,4-7,9-11H2,1H3,(H,20,21). The van der Waals surface area contributed by atoms with Crippen molar-refractivity contribution in [3.8, 4) is 0 Å². The molecule has 4 nitrogen and oxygen atoms in total. The molecular formula is C16H22F2N2O2S. The van der Waals surface area contributed by atoms with Gasteiger partial charge in [0, 0.05) is 24.0 Å². The highest BCUT2D eigenvalue weighted by Gasteiger charge is 2.32. The third-order valence-corrected chi connectivity index (χ3v) is 5.03. The van der Waals surface area contributed by atoms with Gasteiger partial charge in [-0.1, -0.05) is 0 Å². The van der Waals surface area contributed by atoms with Crippen molar-refractivity contribution in [1.29, 1.82) is 0 Å². The molecule has 1 saturated heterocycles. The normalized spacial score (nSPS) is 17.0. The summed E-state index contributed by atoms with van der Waals surface area (Å²) in [5.41, 5.74) is -0.0255. The molecule has 1 aliphatic rings. The van der Waals surface area contributed by atoms with Crippen LogP contribution < -0.4 is 10.6 Å². The van der Waals surface area contributed by atoms with Crippen molar-refractivity contribution >= 4 is 17.7 Å². The maximum absolute atomic E-state index is 13.1. The first-order chi connectivity index (χ1) is 11.0. The minimum Gasteiger partial charge on any atom is -0.384 e. The highest BCUT2D eigenvalue weighted by molar-refractivity contribution is 8.00. The summed E-state index contributed by atoms with van der Waals surface area (Å²) < 4.78 is 31.3. The smallest absolute Gasteiger partial charge is 0.230 e. The second-order valence-corrected chi connectivity index (χ2v) is 6.87. The minimum atomic E-state index is -0.899. The van der Waals surface area contributed by atoms with Gasteiger partial charge >= 0.3 is 0 Å². The van der Waals surface area contributed by atoms with E-state index < -0.39 is 11.6 Å². The molecule has 2 rings (SSSR count). The number of carbonyl (C=O) groups is 1. The molecule has 0 bridgehead atoms. The number of piperidine rings is 1. The number of carbonyl (C=O) groups excluding carboxylic acids is 1. The van der Waals surface area contributed by atoms with Gasteiger partial charge in [-0.2, -0.15) is 0 Å². The Morgan fingerprint density at radius 3 is 2.74 bits per heavy atom. The molecule has 0 aromatic heterocycles. The van der Waals surface area contributed by atoms with E-state index in [0.717, 1.165) is 38.1 Å². The molecule has 128 valence electrons. The van der Waals surface area contributed by atoms with Crippen LogP contribution >= 0.6 is 11.8 Å². The molecule has 1 aromatic rings. The molecule has 0 unspecified atom stereocenters. The van der Waals surface area contributed by atoms with Crippen molar-refractivity contribution in [2.24, 2.45) is 5.41 Å². The second-order valence-electron chi connectivity index (χ2n) is 5.82. The predicted molar refractivity (Wildman–Crippen MR) is 86.5 cm³/mol. The molecule has 1 fully saturated rings. The van der Waals surface area contributed by atoms with E-state index in [1.54, 1.807) is 7.11 Å². The third-order valence-electron chi connectivity index (χ3n) is 4.04. The molecule has 1 aliphatic heterocycles. The Morgan fingerprint density at radius 1 is 1.35 bits per heavy atom. The van der Waals surface area contributed by atoms with E-state index in [4.69, 9.17) is 4.74 Å². The Bertz CT molecular complexity index is 531. The molecule has 1 amide bonds. The topological polar surface area (TPSA) is 50.4 Å². The van der Waals surface area contributed by atoms with Crippen LogP contribution in [0.15, 0.2) is 23.1 Å². The molecule has 7 heteroatoms. The van der Waals surface area contributed by atoms with Crippen molar-refractivity contribution in [3.63, 3.8) is 0 Å². The quantitative estimate of drug-likeness (QED) is 0.745. The highest BCUT2D eigenvalue weighted by Crippen LogP contribution is 2.28. The summed E-state index contributed by atoms with van der Waals surface area (Å²) in [5.74, 6) is -1.73. The number of ether oxygens (including phenoxy) is 1. The number of halogens is 2. The highest BCUT2D eigenvalue weighted by atomic mass is 32.2. The van der Waals surface area contributed by atoms with Crippen LogP contribution in [0.5, 0.6) is 0 Å². The van der Waals surface area contributed by atoms with Gasteiger partial charge in [0.1, 0.15) is 0 Å². The average molecular weight is 344 g/mol. The third kappa shape index (κ3) is 5.44. The summed E-state index contributed by atoms with van der Waals surface area (Å²) in [4.78, 5) is 12.5. The Labute approximate surface area is 139 Å². The van der Waals surface area contributed by atoms with Crippen LogP contribution in [-0.2, 0) is 9.53 Å². The minimum absolute atomic E-state index is 0.0255. The first-order valence-corrected chi connectivity index (χ1v) is 8.57. The van der Waals surface area contributed by atoms with Crippen LogP contribution in [0.4, 0.5) is 8.78 Å². The van der Waals surface area contributed by atoms with E-state index in [1.165, 1.54) is 17.8 Å². The molecule has 2 N–H and O–H groups in total. The molecule has 23 heavy (non-hydrogen) atoms. The van der Waals surface area contributed by atoms with Crippen LogP contribution in [0.25, 0.3) is 0 Å². The predicted octanol–water partition coefficient (Wildman–Crippen LogP) is 2.19. The van der Waals surface area contributed by atoms with Crippen molar-refractivity contribution in [2.45, 2.75) is 17.7 Å². The van der Waals surface area contributed by atoms with Crippen LogP contribution in [0.2, 0.25) is 0 Å². The molecule has 0 aliphatic carbocycles. The summed E-state index contributed by atoms with van der Waals surface area (Å²) in [6, 6.07) is 3.64. The van der Waals surface area contributed by atoms with Gasteiger partial charge in [-0.15, -0.1) is 11.8 Å². The van der Waals surface area contributed by atoms with Gasteiger partial charge in [-0.25, -0.2) is 8.78 Å². The van der Waals surface area contributed by atoms with E-state index >= 15 is 0 Å². The lowest BCUT2D eigenvalue weighted by atomic mass is 9.79. The van der Waals surface area contributed by atoms with Gasteiger partial charge in [0.15, 0.2) is 11.6 Å². The van der Waals surface area contributed by atoms with E-state index in [0.29, 0.717) is 18.0 Å². The number of methoxy groups -OCH3 is 1. The van der Waals surface area contributed by atoms with Gasteiger partial charge in [0.2, 0.25) is 5.91 Å². The first-order valence-electron chi connectivity index (χ1n) is 7.59. The number of hydrogen-bond acceptors (Lipinski definition) is 4. The number of amides is 1. The van der Waals surface area contributed by atoms with Crippen LogP contribution in [0, 0.1) is 17.0 Å². The molecule has 1 heterocycles. The molecule has 1 aromatic carbocycles. The zero-order valence-corrected chi connectivity index (χ0v) is 14.0. The number of benzene rings is 1. The maximum atomic E-state index is 13.1. The number of rotatable bonds is 7. The summed E-state index contributed by atoms with van der Waals surface area (Å²) in [5, 5.41) is 6.24. The Morgan fingerprint density at radius 2 is 2.09 bits per heavy atom. The molecule has 0 radical (unpaired) electrons. The van der Waals surface area contributed by atoms with E-state index in [-0.39, 0.29) is 17.1 Å². The zero-order chi connectivity index (χ0) is 16.7. The number of nitrogens with one attached hydrogen (secondary N) is 2. The SMILES string of the molecule is COCC1(CNC(=O)CSc2ccc(F)c(F)c2)CCNCC1. The van der Waals surface area contributed by atoms with Gasteiger partial charge in [-0.05, 0) is 44.1 Å². The maximum Gasteiger partial charge on any atom is 0.230 e.